The van der Waals surface area contributed by atoms with Crippen molar-refractivity contribution >= 4 is 0 Å². The molecule has 0 amide bonds. The minimum atomic E-state index is 0.141. The van der Waals surface area contributed by atoms with E-state index in [0.29, 0.717) is 5.76 Å². The smallest absolute Gasteiger partial charge is 0.0912 e. The third-order valence-electron chi connectivity index (χ3n) is 5.94. The zero-order chi connectivity index (χ0) is 15.9. The number of aliphatic hydroxyl groups is 1. The second-order valence-electron chi connectivity index (χ2n) is 8.12. The van der Waals surface area contributed by atoms with Crippen LogP contribution in [0.4, 0.5) is 0 Å². The van der Waals surface area contributed by atoms with Gasteiger partial charge >= 0.3 is 0 Å². The highest BCUT2D eigenvalue weighted by Gasteiger charge is 2.44. The van der Waals surface area contributed by atoms with Crippen LogP contribution in [0.15, 0.2) is 12.3 Å². The summed E-state index contributed by atoms with van der Waals surface area (Å²) in [6.45, 7) is 3.72. The molecule has 2 fully saturated rings. The number of hydrogen-bond acceptors (Lipinski definition) is 2. The van der Waals surface area contributed by atoms with Gasteiger partial charge in [-0.1, -0.05) is 70.8 Å². The van der Waals surface area contributed by atoms with Crippen molar-refractivity contribution in [3.8, 4) is 0 Å². The molecule has 2 nitrogen and oxygen atoms in total. The van der Waals surface area contributed by atoms with Gasteiger partial charge in [0.15, 0.2) is 0 Å². The number of unbranched alkanes of at least 4 members (excludes halogenated alkanes) is 9. The fraction of sp³-hybridized carbons (Fsp3) is 0.900. The summed E-state index contributed by atoms with van der Waals surface area (Å²) in [5.41, 5.74) is 6.50. The summed E-state index contributed by atoms with van der Waals surface area (Å²) >= 11 is 0. The summed E-state index contributed by atoms with van der Waals surface area (Å²) in [5.74, 6) is 0.440. The van der Waals surface area contributed by atoms with Crippen LogP contribution in [0.5, 0.6) is 0 Å². The molecule has 2 heteroatoms. The van der Waals surface area contributed by atoms with Gasteiger partial charge in [-0.15, -0.1) is 0 Å². The molecule has 0 aromatic carbocycles. The van der Waals surface area contributed by atoms with E-state index in [0.717, 1.165) is 19.3 Å². The van der Waals surface area contributed by atoms with Crippen molar-refractivity contribution in [3.05, 3.63) is 12.3 Å². The molecule has 128 valence electrons. The molecular weight excluding hydrogens is 270 g/mol. The zero-order valence-electron chi connectivity index (χ0n) is 14.5. The van der Waals surface area contributed by atoms with Crippen LogP contribution in [-0.2, 0) is 0 Å². The van der Waals surface area contributed by atoms with Crippen molar-refractivity contribution < 1.29 is 5.11 Å². The minimum Gasteiger partial charge on any atom is -0.512 e. The summed E-state index contributed by atoms with van der Waals surface area (Å²) in [4.78, 5) is 0. The summed E-state index contributed by atoms with van der Waals surface area (Å²) in [6, 6.07) is 0. The third-order valence-corrected chi connectivity index (χ3v) is 5.94. The van der Waals surface area contributed by atoms with Crippen LogP contribution < -0.4 is 5.73 Å². The van der Waals surface area contributed by atoms with Crippen molar-refractivity contribution in [1.29, 1.82) is 0 Å². The first-order valence-electron chi connectivity index (χ1n) is 9.74. The van der Waals surface area contributed by atoms with Gasteiger partial charge in [-0.2, -0.15) is 0 Å². The summed E-state index contributed by atoms with van der Waals surface area (Å²) in [6.07, 6.45) is 20.9. The van der Waals surface area contributed by atoms with Crippen molar-refractivity contribution in [2.24, 2.45) is 11.1 Å². The number of hydrogen-bond donors (Lipinski definition) is 2. The van der Waals surface area contributed by atoms with Gasteiger partial charge in [0.2, 0.25) is 0 Å². The van der Waals surface area contributed by atoms with Gasteiger partial charge in [0.05, 0.1) is 5.76 Å². The molecule has 0 aromatic rings. The fourth-order valence-electron chi connectivity index (χ4n) is 3.60. The quantitative estimate of drug-likeness (QED) is 0.305. The Bertz CT molecular complexity index is 342. The normalized spacial score (nSPS) is 20.8. The molecule has 2 rings (SSSR count). The van der Waals surface area contributed by atoms with Crippen LogP contribution >= 0.6 is 0 Å². The lowest BCUT2D eigenvalue weighted by Gasteiger charge is -2.12. The molecule has 0 atom stereocenters. The third kappa shape index (κ3) is 6.32. The zero-order valence-corrected chi connectivity index (χ0v) is 14.5. The highest BCUT2D eigenvalue weighted by atomic mass is 16.3. The lowest BCUT2D eigenvalue weighted by molar-refractivity contribution is 0.300. The average Bonchev–Trinajstić information content (AvgIpc) is 3.39. The van der Waals surface area contributed by atoms with E-state index in [1.54, 1.807) is 0 Å². The molecule has 2 saturated carbocycles. The maximum atomic E-state index is 9.55. The van der Waals surface area contributed by atoms with E-state index in [1.807, 2.05) is 0 Å². The van der Waals surface area contributed by atoms with Crippen molar-refractivity contribution in [2.75, 3.05) is 0 Å². The Kier molecular flexibility index (Phi) is 6.80. The van der Waals surface area contributed by atoms with E-state index in [4.69, 9.17) is 5.73 Å². The predicted molar refractivity (Wildman–Crippen MR) is 95.0 cm³/mol. The van der Waals surface area contributed by atoms with Gasteiger partial charge in [0, 0.05) is 11.0 Å². The first-order chi connectivity index (χ1) is 10.6. The lowest BCUT2D eigenvalue weighted by atomic mass is 9.96. The fourth-order valence-corrected chi connectivity index (χ4v) is 3.60. The number of nitrogens with two attached hydrogens (primary N) is 1. The van der Waals surface area contributed by atoms with Crippen LogP contribution in [0.3, 0.4) is 0 Å². The largest absolute Gasteiger partial charge is 0.512 e. The van der Waals surface area contributed by atoms with E-state index in [-0.39, 0.29) is 11.0 Å². The van der Waals surface area contributed by atoms with Gasteiger partial charge in [-0.3, -0.25) is 0 Å². The van der Waals surface area contributed by atoms with Crippen LogP contribution in [0.25, 0.3) is 0 Å². The topological polar surface area (TPSA) is 46.2 Å². The van der Waals surface area contributed by atoms with Gasteiger partial charge in [-0.25, -0.2) is 0 Å². The monoisotopic (exact) mass is 307 g/mol. The number of aliphatic hydroxyl groups excluding tert-OH is 1. The van der Waals surface area contributed by atoms with Gasteiger partial charge in [0.25, 0.3) is 0 Å². The second kappa shape index (κ2) is 8.38. The highest BCUT2D eigenvalue weighted by Crippen LogP contribution is 2.54. The molecule has 0 bridgehead atoms. The minimum absolute atomic E-state index is 0.141. The van der Waals surface area contributed by atoms with Crippen LogP contribution in [-0.4, -0.2) is 10.6 Å². The molecule has 0 aromatic heterocycles. The molecule has 2 aliphatic rings. The molecule has 0 heterocycles. The Morgan fingerprint density at radius 1 is 0.727 bits per heavy atom. The van der Waals surface area contributed by atoms with E-state index < -0.39 is 0 Å². The maximum Gasteiger partial charge on any atom is 0.0912 e. The molecule has 22 heavy (non-hydrogen) atoms. The number of allylic oxidation sites excluding steroid dienone is 1. The molecule has 2 aliphatic carbocycles. The van der Waals surface area contributed by atoms with Crippen LogP contribution in [0, 0.1) is 5.41 Å². The Hall–Kier alpha value is -0.500. The lowest BCUT2D eigenvalue weighted by Crippen LogP contribution is -2.20. The van der Waals surface area contributed by atoms with Gasteiger partial charge < -0.3 is 10.8 Å². The first kappa shape index (κ1) is 17.8. The summed E-state index contributed by atoms with van der Waals surface area (Å²) in [7, 11) is 0. The standard InChI is InChI=1S/C20H37NO/c1-18(22)19(14-15-19)12-10-8-6-4-2-3-5-7-9-11-13-20(21)16-17-20/h22H,1-17,21H2. The second-order valence-corrected chi connectivity index (χ2v) is 8.12. The van der Waals surface area contributed by atoms with E-state index in [1.165, 1.54) is 83.5 Å². The van der Waals surface area contributed by atoms with Crippen LogP contribution in [0.1, 0.15) is 103 Å². The van der Waals surface area contributed by atoms with Crippen LogP contribution in [0.2, 0.25) is 0 Å². The molecule has 0 unspecified atom stereocenters. The Morgan fingerprint density at radius 3 is 1.50 bits per heavy atom. The van der Waals surface area contributed by atoms with Gasteiger partial charge in [-0.05, 0) is 38.5 Å². The van der Waals surface area contributed by atoms with Gasteiger partial charge in [0.1, 0.15) is 0 Å². The molecule has 0 saturated heterocycles. The Balaban J connectivity index is 1.28. The molecule has 0 spiro atoms. The van der Waals surface area contributed by atoms with Crippen molar-refractivity contribution in [3.63, 3.8) is 0 Å². The Labute approximate surface area is 137 Å². The molecule has 0 radical (unpaired) electrons. The van der Waals surface area contributed by atoms with Crippen molar-refractivity contribution in [1.82, 2.24) is 0 Å². The van der Waals surface area contributed by atoms with Crippen molar-refractivity contribution in [2.45, 2.75) is 108 Å². The molecule has 0 aliphatic heterocycles. The molecular formula is C20H37NO. The highest BCUT2D eigenvalue weighted by molar-refractivity contribution is 5.11. The average molecular weight is 308 g/mol. The molecule has 3 N–H and O–H groups in total. The summed E-state index contributed by atoms with van der Waals surface area (Å²) < 4.78 is 0. The van der Waals surface area contributed by atoms with E-state index in [2.05, 4.69) is 6.58 Å². The first-order valence-corrected chi connectivity index (χ1v) is 9.74. The Morgan fingerprint density at radius 2 is 1.14 bits per heavy atom. The number of rotatable bonds is 14. The summed E-state index contributed by atoms with van der Waals surface area (Å²) in [5, 5.41) is 9.55. The van der Waals surface area contributed by atoms with E-state index >= 15 is 0 Å². The predicted octanol–water partition coefficient (Wildman–Crippen LogP) is 6.01. The SMILES string of the molecule is C=C(O)C1(CCCCCCCCCCCCC2(N)CC2)CC1. The van der Waals surface area contributed by atoms with E-state index in [9.17, 15) is 5.11 Å². The maximum absolute atomic E-state index is 9.55.